The lowest BCUT2D eigenvalue weighted by Gasteiger charge is -2.35. The molecule has 0 saturated carbocycles. The van der Waals surface area contributed by atoms with Gasteiger partial charge < -0.3 is 10.0 Å². The molecule has 1 aromatic rings. The summed E-state index contributed by atoms with van der Waals surface area (Å²) in [4.78, 5) is 1.93. The van der Waals surface area contributed by atoms with Crippen LogP contribution in [-0.4, -0.2) is 18.0 Å². The SMILES string of the molecule is CCN1c2cc(Br)ccc2CNC1O. The summed E-state index contributed by atoms with van der Waals surface area (Å²) in [6, 6.07) is 6.13. The van der Waals surface area contributed by atoms with Gasteiger partial charge in [0.1, 0.15) is 0 Å². The van der Waals surface area contributed by atoms with Crippen molar-refractivity contribution in [1.82, 2.24) is 5.32 Å². The Hall–Kier alpha value is -0.580. The fourth-order valence-corrected chi connectivity index (χ4v) is 2.09. The molecule has 2 N–H and O–H groups in total. The first-order valence-corrected chi connectivity index (χ1v) is 5.48. The van der Waals surface area contributed by atoms with Gasteiger partial charge in [0.15, 0.2) is 6.35 Å². The highest BCUT2D eigenvalue weighted by atomic mass is 79.9. The summed E-state index contributed by atoms with van der Waals surface area (Å²) >= 11 is 3.44. The second-order valence-electron chi connectivity index (χ2n) is 3.31. The minimum absolute atomic E-state index is 0.568. The van der Waals surface area contributed by atoms with Crippen LogP contribution < -0.4 is 10.2 Å². The second-order valence-corrected chi connectivity index (χ2v) is 4.23. The Morgan fingerprint density at radius 1 is 1.64 bits per heavy atom. The van der Waals surface area contributed by atoms with Crippen LogP contribution in [0.1, 0.15) is 12.5 Å². The molecule has 14 heavy (non-hydrogen) atoms. The molecular formula is C10H13BrN2O. The molecule has 1 atom stereocenters. The van der Waals surface area contributed by atoms with E-state index in [1.54, 1.807) is 0 Å². The number of hydrogen-bond donors (Lipinski definition) is 2. The summed E-state index contributed by atoms with van der Waals surface area (Å²) in [7, 11) is 0. The van der Waals surface area contributed by atoms with Gasteiger partial charge in [-0.3, -0.25) is 5.32 Å². The molecule has 1 aliphatic heterocycles. The lowest BCUT2D eigenvalue weighted by molar-refractivity contribution is 0.125. The van der Waals surface area contributed by atoms with Crippen LogP contribution in [-0.2, 0) is 6.54 Å². The lowest BCUT2D eigenvalue weighted by atomic mass is 10.1. The van der Waals surface area contributed by atoms with Gasteiger partial charge in [-0.05, 0) is 24.6 Å². The summed E-state index contributed by atoms with van der Waals surface area (Å²) in [5, 5.41) is 12.7. The molecule has 1 aliphatic rings. The van der Waals surface area contributed by atoms with E-state index in [-0.39, 0.29) is 0 Å². The Labute approximate surface area is 91.9 Å². The van der Waals surface area contributed by atoms with Crippen LogP contribution in [0, 0.1) is 0 Å². The molecule has 1 heterocycles. The molecule has 76 valence electrons. The average molecular weight is 257 g/mol. The average Bonchev–Trinajstić information content (AvgIpc) is 2.17. The molecular weight excluding hydrogens is 244 g/mol. The highest BCUT2D eigenvalue weighted by Gasteiger charge is 2.22. The molecule has 1 aromatic carbocycles. The number of benzene rings is 1. The van der Waals surface area contributed by atoms with E-state index in [0.29, 0.717) is 0 Å². The number of fused-ring (bicyclic) bond motifs is 1. The van der Waals surface area contributed by atoms with Gasteiger partial charge in [-0.1, -0.05) is 22.0 Å². The zero-order valence-corrected chi connectivity index (χ0v) is 9.58. The number of nitrogens with one attached hydrogen (secondary N) is 1. The third kappa shape index (κ3) is 1.65. The first-order valence-electron chi connectivity index (χ1n) is 4.69. The Kier molecular flexibility index (Phi) is 2.76. The van der Waals surface area contributed by atoms with Crippen LogP contribution in [0.5, 0.6) is 0 Å². The van der Waals surface area contributed by atoms with Gasteiger partial charge in [0.2, 0.25) is 0 Å². The maximum Gasteiger partial charge on any atom is 0.184 e. The van der Waals surface area contributed by atoms with Crippen LogP contribution in [0.25, 0.3) is 0 Å². The number of rotatable bonds is 1. The van der Waals surface area contributed by atoms with Gasteiger partial charge in [-0.15, -0.1) is 0 Å². The fourth-order valence-electron chi connectivity index (χ4n) is 1.74. The van der Waals surface area contributed by atoms with Crippen molar-refractivity contribution in [2.75, 3.05) is 11.4 Å². The maximum absolute atomic E-state index is 9.71. The van der Waals surface area contributed by atoms with Gasteiger partial charge >= 0.3 is 0 Å². The normalized spacial score (nSPS) is 20.8. The Balaban J connectivity index is 2.43. The zero-order valence-electron chi connectivity index (χ0n) is 8.00. The van der Waals surface area contributed by atoms with E-state index in [1.165, 1.54) is 5.56 Å². The van der Waals surface area contributed by atoms with Crippen LogP contribution in [0.2, 0.25) is 0 Å². The minimum atomic E-state index is -0.568. The molecule has 0 amide bonds. The van der Waals surface area contributed by atoms with Crippen LogP contribution >= 0.6 is 15.9 Å². The first kappa shape index (κ1) is 9.96. The molecule has 0 spiro atoms. The highest BCUT2D eigenvalue weighted by Crippen LogP contribution is 2.28. The van der Waals surface area contributed by atoms with E-state index in [2.05, 4.69) is 27.3 Å². The lowest BCUT2D eigenvalue weighted by Crippen LogP contribution is -2.49. The van der Waals surface area contributed by atoms with Gasteiger partial charge in [-0.25, -0.2) is 0 Å². The fraction of sp³-hybridized carbons (Fsp3) is 0.400. The van der Waals surface area contributed by atoms with Crippen LogP contribution in [0.3, 0.4) is 0 Å². The zero-order chi connectivity index (χ0) is 10.1. The summed E-state index contributed by atoms with van der Waals surface area (Å²) < 4.78 is 1.05. The van der Waals surface area contributed by atoms with Crippen molar-refractivity contribution in [2.24, 2.45) is 0 Å². The smallest absolute Gasteiger partial charge is 0.184 e. The van der Waals surface area contributed by atoms with Gasteiger partial charge in [0.05, 0.1) is 0 Å². The summed E-state index contributed by atoms with van der Waals surface area (Å²) in [5.74, 6) is 0. The van der Waals surface area contributed by atoms with Gasteiger partial charge in [0, 0.05) is 23.2 Å². The van der Waals surface area contributed by atoms with Crippen molar-refractivity contribution in [3.05, 3.63) is 28.2 Å². The van der Waals surface area contributed by atoms with E-state index < -0.39 is 6.35 Å². The Morgan fingerprint density at radius 2 is 2.43 bits per heavy atom. The summed E-state index contributed by atoms with van der Waals surface area (Å²) in [6.07, 6.45) is -0.568. The Morgan fingerprint density at radius 3 is 3.14 bits per heavy atom. The highest BCUT2D eigenvalue weighted by molar-refractivity contribution is 9.10. The molecule has 0 aliphatic carbocycles. The van der Waals surface area contributed by atoms with Gasteiger partial charge in [0.25, 0.3) is 0 Å². The van der Waals surface area contributed by atoms with Crippen molar-refractivity contribution in [3.63, 3.8) is 0 Å². The standard InChI is InChI=1S/C10H13BrN2O/c1-2-13-9-5-8(11)4-3-7(9)6-12-10(13)14/h3-5,10,12,14H,2,6H2,1H3. The monoisotopic (exact) mass is 256 g/mol. The van der Waals surface area contributed by atoms with Crippen molar-refractivity contribution >= 4 is 21.6 Å². The molecule has 0 radical (unpaired) electrons. The molecule has 3 nitrogen and oxygen atoms in total. The molecule has 0 bridgehead atoms. The maximum atomic E-state index is 9.71. The quantitative estimate of drug-likeness (QED) is 0.803. The number of aliphatic hydroxyl groups is 1. The van der Waals surface area contributed by atoms with Crippen molar-refractivity contribution in [3.8, 4) is 0 Å². The van der Waals surface area contributed by atoms with Crippen molar-refractivity contribution < 1.29 is 5.11 Å². The van der Waals surface area contributed by atoms with Crippen LogP contribution in [0.4, 0.5) is 5.69 Å². The van der Waals surface area contributed by atoms with Crippen LogP contribution in [0.15, 0.2) is 22.7 Å². The summed E-state index contributed by atoms with van der Waals surface area (Å²) in [5.41, 5.74) is 2.33. The van der Waals surface area contributed by atoms with E-state index in [4.69, 9.17) is 0 Å². The van der Waals surface area contributed by atoms with Gasteiger partial charge in [-0.2, -0.15) is 0 Å². The largest absolute Gasteiger partial charge is 0.361 e. The number of nitrogens with zero attached hydrogens (tertiary/aromatic N) is 1. The molecule has 4 heteroatoms. The van der Waals surface area contributed by atoms with Crippen molar-refractivity contribution in [2.45, 2.75) is 19.8 Å². The first-order chi connectivity index (χ1) is 6.72. The van der Waals surface area contributed by atoms with E-state index in [9.17, 15) is 5.11 Å². The number of halogens is 1. The summed E-state index contributed by atoms with van der Waals surface area (Å²) in [6.45, 7) is 3.54. The molecule has 2 rings (SSSR count). The molecule has 0 aromatic heterocycles. The minimum Gasteiger partial charge on any atom is -0.361 e. The third-order valence-corrected chi connectivity index (χ3v) is 2.96. The number of aliphatic hydroxyl groups excluding tert-OH is 1. The van der Waals surface area contributed by atoms with E-state index in [0.717, 1.165) is 23.2 Å². The second kappa shape index (κ2) is 3.88. The topological polar surface area (TPSA) is 35.5 Å². The Bertz CT molecular complexity index is 343. The number of hydrogen-bond acceptors (Lipinski definition) is 3. The molecule has 1 unspecified atom stereocenters. The van der Waals surface area contributed by atoms with E-state index >= 15 is 0 Å². The predicted octanol–water partition coefficient (Wildman–Crippen LogP) is 1.65. The predicted molar refractivity (Wildman–Crippen MR) is 60.0 cm³/mol. The molecule has 0 saturated heterocycles. The third-order valence-electron chi connectivity index (χ3n) is 2.47. The van der Waals surface area contributed by atoms with Crippen molar-refractivity contribution in [1.29, 1.82) is 0 Å². The number of anilines is 1. The van der Waals surface area contributed by atoms with E-state index in [1.807, 2.05) is 24.0 Å². The molecule has 0 fully saturated rings.